The van der Waals surface area contributed by atoms with Crippen LogP contribution in [0.4, 0.5) is 17.1 Å². The first-order chi connectivity index (χ1) is 15.5. The van der Waals surface area contributed by atoms with E-state index >= 15 is 0 Å². The van der Waals surface area contributed by atoms with Crippen LogP contribution in [0.1, 0.15) is 15.9 Å². The summed E-state index contributed by atoms with van der Waals surface area (Å²) in [6.07, 6.45) is 0. The van der Waals surface area contributed by atoms with Crippen LogP contribution in [-0.2, 0) is 4.74 Å². The summed E-state index contributed by atoms with van der Waals surface area (Å²) in [5.74, 6) is 0.942. The molecule has 0 aliphatic carbocycles. The third-order valence-corrected chi connectivity index (χ3v) is 5.16. The van der Waals surface area contributed by atoms with Crippen molar-refractivity contribution in [1.29, 1.82) is 0 Å². The Labute approximate surface area is 185 Å². The van der Waals surface area contributed by atoms with E-state index in [9.17, 15) is 14.9 Å². The van der Waals surface area contributed by atoms with E-state index in [0.29, 0.717) is 43.4 Å². The highest BCUT2D eigenvalue weighted by atomic mass is 16.6. The highest BCUT2D eigenvalue weighted by Crippen LogP contribution is 2.28. The van der Waals surface area contributed by atoms with E-state index in [1.807, 2.05) is 36.1 Å². The Morgan fingerprint density at radius 2 is 1.62 bits per heavy atom. The van der Waals surface area contributed by atoms with Crippen molar-refractivity contribution in [2.45, 2.75) is 6.92 Å². The molecule has 8 nitrogen and oxygen atoms in total. The van der Waals surface area contributed by atoms with Crippen molar-refractivity contribution >= 4 is 23.0 Å². The minimum Gasteiger partial charge on any atom is -0.457 e. The molecule has 1 heterocycles. The van der Waals surface area contributed by atoms with Crippen LogP contribution in [-0.4, -0.2) is 37.1 Å². The van der Waals surface area contributed by atoms with Gasteiger partial charge in [0.1, 0.15) is 11.5 Å². The van der Waals surface area contributed by atoms with Gasteiger partial charge in [0.15, 0.2) is 0 Å². The topological polar surface area (TPSA) is 93.9 Å². The van der Waals surface area contributed by atoms with Gasteiger partial charge in [-0.1, -0.05) is 17.7 Å². The Kier molecular flexibility index (Phi) is 6.32. The van der Waals surface area contributed by atoms with Crippen LogP contribution in [0.3, 0.4) is 0 Å². The predicted octanol–water partition coefficient (Wildman–Crippen LogP) is 4.78. The maximum absolute atomic E-state index is 13.0. The number of anilines is 2. The van der Waals surface area contributed by atoms with Crippen LogP contribution in [0.5, 0.6) is 11.5 Å². The summed E-state index contributed by atoms with van der Waals surface area (Å²) in [4.78, 5) is 25.8. The quantitative estimate of drug-likeness (QED) is 0.444. The van der Waals surface area contributed by atoms with Gasteiger partial charge >= 0.3 is 0 Å². The zero-order chi connectivity index (χ0) is 22.5. The first-order valence-corrected chi connectivity index (χ1v) is 10.3. The van der Waals surface area contributed by atoms with E-state index in [2.05, 4.69) is 5.32 Å². The summed E-state index contributed by atoms with van der Waals surface area (Å²) in [6, 6.07) is 19.0. The summed E-state index contributed by atoms with van der Waals surface area (Å²) >= 11 is 0. The summed E-state index contributed by atoms with van der Waals surface area (Å²) in [7, 11) is 0. The lowest BCUT2D eigenvalue weighted by atomic mass is 10.1. The summed E-state index contributed by atoms with van der Waals surface area (Å²) < 4.78 is 11.2. The molecule has 0 bridgehead atoms. The molecule has 8 heteroatoms. The number of carbonyl (C=O) groups is 1. The maximum Gasteiger partial charge on any atom is 0.270 e. The van der Waals surface area contributed by atoms with Gasteiger partial charge in [0.25, 0.3) is 11.6 Å². The molecule has 1 aliphatic heterocycles. The van der Waals surface area contributed by atoms with Crippen LogP contribution >= 0.6 is 0 Å². The molecule has 0 unspecified atom stereocenters. The lowest BCUT2D eigenvalue weighted by Gasteiger charge is -2.30. The number of aryl methyl sites for hydroxylation is 1. The normalized spacial score (nSPS) is 13.5. The van der Waals surface area contributed by atoms with Crippen molar-refractivity contribution in [3.63, 3.8) is 0 Å². The maximum atomic E-state index is 13.0. The van der Waals surface area contributed by atoms with Gasteiger partial charge < -0.3 is 19.7 Å². The van der Waals surface area contributed by atoms with Gasteiger partial charge in [-0.2, -0.15) is 0 Å². The smallest absolute Gasteiger partial charge is 0.270 e. The lowest BCUT2D eigenvalue weighted by molar-refractivity contribution is -0.384. The molecule has 0 radical (unpaired) electrons. The molecular formula is C24H23N3O5. The number of nitrogens with one attached hydrogen (secondary N) is 1. The van der Waals surface area contributed by atoms with E-state index in [4.69, 9.17) is 9.47 Å². The van der Waals surface area contributed by atoms with Crippen molar-refractivity contribution < 1.29 is 19.2 Å². The average Bonchev–Trinajstić information content (AvgIpc) is 2.82. The van der Waals surface area contributed by atoms with Crippen molar-refractivity contribution in [1.82, 2.24) is 0 Å². The molecule has 3 aromatic rings. The van der Waals surface area contributed by atoms with Gasteiger partial charge in [-0.05, 0) is 49.4 Å². The van der Waals surface area contributed by atoms with Gasteiger partial charge in [0.2, 0.25) is 0 Å². The zero-order valence-corrected chi connectivity index (χ0v) is 17.6. The molecule has 1 amide bonds. The summed E-state index contributed by atoms with van der Waals surface area (Å²) in [5, 5.41) is 14.1. The number of nitro groups is 1. The second-order valence-corrected chi connectivity index (χ2v) is 7.45. The van der Waals surface area contributed by atoms with Crippen molar-refractivity contribution in [3.05, 3.63) is 88.0 Å². The predicted molar refractivity (Wildman–Crippen MR) is 122 cm³/mol. The molecule has 0 atom stereocenters. The monoisotopic (exact) mass is 433 g/mol. The highest BCUT2D eigenvalue weighted by Gasteiger charge is 2.22. The number of morpholine rings is 1. The summed E-state index contributed by atoms with van der Waals surface area (Å²) in [6.45, 7) is 4.32. The Bertz CT molecular complexity index is 1110. The standard InChI is InChI=1S/C24H23N3O5/c1-17-2-7-20(8-3-17)32-21-9-4-18(5-10-21)25-24(28)22-16-19(27(29)30)6-11-23(22)26-12-14-31-15-13-26/h2-11,16H,12-15H2,1H3,(H,25,28). The summed E-state index contributed by atoms with van der Waals surface area (Å²) in [5.41, 5.74) is 2.48. The number of carbonyl (C=O) groups excluding carboxylic acids is 1. The lowest BCUT2D eigenvalue weighted by Crippen LogP contribution is -2.37. The fourth-order valence-electron chi connectivity index (χ4n) is 3.45. The van der Waals surface area contributed by atoms with Gasteiger partial charge in [0.05, 0.1) is 29.4 Å². The molecule has 4 rings (SSSR count). The third-order valence-electron chi connectivity index (χ3n) is 5.16. The molecule has 0 spiro atoms. The zero-order valence-electron chi connectivity index (χ0n) is 17.6. The highest BCUT2D eigenvalue weighted by molar-refractivity contribution is 6.08. The molecule has 164 valence electrons. The van der Waals surface area contributed by atoms with Gasteiger partial charge in [-0.3, -0.25) is 14.9 Å². The van der Waals surface area contributed by atoms with Crippen LogP contribution < -0.4 is 15.0 Å². The van der Waals surface area contributed by atoms with Gasteiger partial charge in [-0.15, -0.1) is 0 Å². The molecule has 1 aliphatic rings. The fourth-order valence-corrected chi connectivity index (χ4v) is 3.45. The number of benzene rings is 3. The molecule has 1 fully saturated rings. The Morgan fingerprint density at radius 3 is 2.25 bits per heavy atom. The number of nitrogens with zero attached hydrogens (tertiary/aromatic N) is 2. The molecule has 32 heavy (non-hydrogen) atoms. The van der Waals surface area contributed by atoms with E-state index in [0.717, 1.165) is 11.3 Å². The Balaban J connectivity index is 1.51. The van der Waals surface area contributed by atoms with Crippen LogP contribution in [0, 0.1) is 17.0 Å². The van der Waals surface area contributed by atoms with E-state index < -0.39 is 10.8 Å². The van der Waals surface area contributed by atoms with Crippen molar-refractivity contribution in [2.24, 2.45) is 0 Å². The molecule has 0 aromatic heterocycles. The number of amides is 1. The van der Waals surface area contributed by atoms with Gasteiger partial charge in [-0.25, -0.2) is 0 Å². The second kappa shape index (κ2) is 9.49. The van der Waals surface area contributed by atoms with Gasteiger partial charge in [0, 0.05) is 30.9 Å². The van der Waals surface area contributed by atoms with E-state index in [-0.39, 0.29) is 11.3 Å². The second-order valence-electron chi connectivity index (χ2n) is 7.45. The van der Waals surface area contributed by atoms with Crippen molar-refractivity contribution in [2.75, 3.05) is 36.5 Å². The largest absolute Gasteiger partial charge is 0.457 e. The SMILES string of the molecule is Cc1ccc(Oc2ccc(NC(=O)c3cc([N+](=O)[O-])ccc3N3CCOCC3)cc2)cc1. The first-order valence-electron chi connectivity index (χ1n) is 10.3. The first kappa shape index (κ1) is 21.3. The van der Waals surface area contributed by atoms with E-state index in [1.165, 1.54) is 12.1 Å². The van der Waals surface area contributed by atoms with Crippen LogP contribution in [0.25, 0.3) is 0 Å². The number of hydrogen-bond acceptors (Lipinski definition) is 6. The molecule has 0 saturated carbocycles. The average molecular weight is 433 g/mol. The van der Waals surface area contributed by atoms with E-state index in [1.54, 1.807) is 30.3 Å². The Hall–Kier alpha value is -3.91. The Morgan fingerprint density at radius 1 is 1.00 bits per heavy atom. The number of non-ortho nitro benzene ring substituents is 1. The minimum absolute atomic E-state index is 0.131. The number of ether oxygens (including phenoxy) is 2. The number of rotatable bonds is 6. The molecule has 1 N–H and O–H groups in total. The minimum atomic E-state index is -0.503. The molecular weight excluding hydrogens is 410 g/mol. The van der Waals surface area contributed by atoms with Crippen molar-refractivity contribution in [3.8, 4) is 11.5 Å². The fraction of sp³-hybridized carbons (Fsp3) is 0.208. The molecule has 1 saturated heterocycles. The number of nitro benzene ring substituents is 1. The van der Waals surface area contributed by atoms with Crippen LogP contribution in [0.15, 0.2) is 66.7 Å². The third kappa shape index (κ3) is 5.04. The number of hydrogen-bond donors (Lipinski definition) is 1. The van der Waals surface area contributed by atoms with Crippen LogP contribution in [0.2, 0.25) is 0 Å². The molecule has 3 aromatic carbocycles.